The summed E-state index contributed by atoms with van der Waals surface area (Å²) < 4.78 is 58.0. The average Bonchev–Trinajstić information content (AvgIpc) is 2.46. The molecule has 0 aliphatic rings. The Morgan fingerprint density at radius 2 is 0.913 bits per heavy atom. The second-order valence-corrected chi connectivity index (χ2v) is 8.25. The summed E-state index contributed by atoms with van der Waals surface area (Å²) in [5.74, 6) is -0.777. The average molecular weight is 359 g/mol. The molecular weight excluding hydrogens is 327 g/mol. The van der Waals surface area contributed by atoms with Gasteiger partial charge < -0.3 is 5.73 Å². The molecule has 7 heteroatoms. The SMILES string of the molecule is NCCCCCCCCCCCCCCCS(=O)(=O)C(F)(F)F. The molecular formula is C16H32F3NO2S. The van der Waals surface area contributed by atoms with Crippen LogP contribution in [0.15, 0.2) is 0 Å². The maximum Gasteiger partial charge on any atom is 0.497 e. The number of alkyl halides is 3. The van der Waals surface area contributed by atoms with Gasteiger partial charge in [0, 0.05) is 0 Å². The third kappa shape index (κ3) is 12.8. The number of unbranched alkanes of at least 4 members (excludes halogenated alkanes) is 12. The molecule has 0 aromatic heterocycles. The molecule has 0 saturated carbocycles. The highest BCUT2D eigenvalue weighted by molar-refractivity contribution is 7.92. The smallest absolute Gasteiger partial charge is 0.330 e. The van der Waals surface area contributed by atoms with Gasteiger partial charge in [-0.15, -0.1) is 0 Å². The van der Waals surface area contributed by atoms with Gasteiger partial charge >= 0.3 is 5.51 Å². The van der Waals surface area contributed by atoms with Crippen molar-refractivity contribution in [3.8, 4) is 0 Å². The second-order valence-electron chi connectivity index (χ2n) is 6.15. The molecule has 0 radical (unpaired) electrons. The second kappa shape index (κ2) is 13.0. The Labute approximate surface area is 139 Å². The van der Waals surface area contributed by atoms with Crippen molar-refractivity contribution in [3.63, 3.8) is 0 Å². The van der Waals surface area contributed by atoms with E-state index in [1.807, 2.05) is 0 Å². The lowest BCUT2D eigenvalue weighted by Crippen LogP contribution is -2.26. The van der Waals surface area contributed by atoms with E-state index in [1.165, 1.54) is 38.5 Å². The third-order valence-corrected chi connectivity index (χ3v) is 5.50. The van der Waals surface area contributed by atoms with Gasteiger partial charge in [-0.3, -0.25) is 0 Å². The summed E-state index contributed by atoms with van der Waals surface area (Å²) in [5.41, 5.74) is 0.328. The molecule has 140 valence electrons. The number of sulfone groups is 1. The molecule has 0 heterocycles. The summed E-state index contributed by atoms with van der Waals surface area (Å²) in [5, 5.41) is 0. The minimum Gasteiger partial charge on any atom is -0.330 e. The predicted molar refractivity (Wildman–Crippen MR) is 88.9 cm³/mol. The fraction of sp³-hybridized carbons (Fsp3) is 1.00. The lowest BCUT2D eigenvalue weighted by molar-refractivity contribution is -0.0435. The molecule has 0 spiro atoms. The van der Waals surface area contributed by atoms with E-state index in [4.69, 9.17) is 5.73 Å². The fourth-order valence-electron chi connectivity index (χ4n) is 2.50. The molecule has 0 saturated heterocycles. The van der Waals surface area contributed by atoms with Gasteiger partial charge in [0.2, 0.25) is 9.84 Å². The Bertz CT molecular complexity index is 370. The van der Waals surface area contributed by atoms with Crippen molar-refractivity contribution in [1.29, 1.82) is 0 Å². The lowest BCUT2D eigenvalue weighted by atomic mass is 10.0. The van der Waals surface area contributed by atoms with Crippen molar-refractivity contribution in [3.05, 3.63) is 0 Å². The number of halogens is 3. The summed E-state index contributed by atoms with van der Waals surface area (Å²) in [6, 6.07) is 0. The Kier molecular flexibility index (Phi) is 12.9. The molecule has 0 aromatic carbocycles. The van der Waals surface area contributed by atoms with Crippen LogP contribution in [0.3, 0.4) is 0 Å². The van der Waals surface area contributed by atoms with E-state index in [2.05, 4.69) is 0 Å². The molecule has 2 N–H and O–H groups in total. The van der Waals surface area contributed by atoms with Crippen LogP contribution < -0.4 is 5.73 Å². The van der Waals surface area contributed by atoms with Gasteiger partial charge in [0.25, 0.3) is 0 Å². The number of hydrogen-bond acceptors (Lipinski definition) is 3. The minimum atomic E-state index is -5.10. The van der Waals surface area contributed by atoms with Crippen molar-refractivity contribution in [2.75, 3.05) is 12.3 Å². The quantitative estimate of drug-likeness (QED) is 0.421. The van der Waals surface area contributed by atoms with Crippen LogP contribution in [0.1, 0.15) is 83.5 Å². The molecule has 0 bridgehead atoms. The van der Waals surface area contributed by atoms with Crippen LogP contribution in [-0.2, 0) is 9.84 Å². The van der Waals surface area contributed by atoms with Crippen LogP contribution in [0.25, 0.3) is 0 Å². The first kappa shape index (κ1) is 22.7. The standard InChI is InChI=1S/C16H32F3NO2S/c17-16(18,19)23(21,22)15-13-11-9-7-5-3-1-2-4-6-8-10-12-14-20/h1-15,20H2. The van der Waals surface area contributed by atoms with Gasteiger partial charge in [-0.2, -0.15) is 13.2 Å². The molecule has 23 heavy (non-hydrogen) atoms. The molecule has 0 aliphatic heterocycles. The first-order chi connectivity index (χ1) is 10.8. The number of hydrogen-bond donors (Lipinski definition) is 1. The van der Waals surface area contributed by atoms with E-state index >= 15 is 0 Å². The Balaban J connectivity index is 3.29. The van der Waals surface area contributed by atoms with Crippen molar-refractivity contribution >= 4 is 9.84 Å². The molecule has 0 aromatic rings. The molecule has 0 rings (SSSR count). The molecule has 0 fully saturated rings. The highest BCUT2D eigenvalue weighted by atomic mass is 32.2. The molecule has 0 unspecified atom stereocenters. The summed E-state index contributed by atoms with van der Waals surface area (Å²) >= 11 is 0. The lowest BCUT2D eigenvalue weighted by Gasteiger charge is -2.07. The van der Waals surface area contributed by atoms with Crippen molar-refractivity contribution < 1.29 is 21.6 Å². The number of rotatable bonds is 15. The summed E-state index contributed by atoms with van der Waals surface area (Å²) in [4.78, 5) is 0. The van der Waals surface area contributed by atoms with Crippen LogP contribution in [0.4, 0.5) is 13.2 Å². The summed E-state index contributed by atoms with van der Waals surface area (Å²) in [6.07, 6.45) is 13.3. The van der Waals surface area contributed by atoms with Crippen LogP contribution in [0, 0.1) is 0 Å². The van der Waals surface area contributed by atoms with Gasteiger partial charge in [-0.25, -0.2) is 8.42 Å². The highest BCUT2D eigenvalue weighted by Gasteiger charge is 2.44. The van der Waals surface area contributed by atoms with Crippen LogP contribution in [0.5, 0.6) is 0 Å². The van der Waals surface area contributed by atoms with E-state index in [0.29, 0.717) is 6.42 Å². The zero-order chi connectivity index (χ0) is 17.6. The largest absolute Gasteiger partial charge is 0.497 e. The predicted octanol–water partition coefficient (Wildman–Crippen LogP) is 4.95. The maximum atomic E-state index is 12.1. The van der Waals surface area contributed by atoms with E-state index in [-0.39, 0.29) is 6.42 Å². The van der Waals surface area contributed by atoms with E-state index in [1.54, 1.807) is 0 Å². The Morgan fingerprint density at radius 3 is 1.22 bits per heavy atom. The topological polar surface area (TPSA) is 60.2 Å². The van der Waals surface area contributed by atoms with Gasteiger partial charge in [0.05, 0.1) is 5.75 Å². The Morgan fingerprint density at radius 1 is 0.609 bits per heavy atom. The molecule has 0 atom stereocenters. The van der Waals surface area contributed by atoms with Crippen LogP contribution in [0.2, 0.25) is 0 Å². The van der Waals surface area contributed by atoms with Crippen molar-refractivity contribution in [2.24, 2.45) is 5.73 Å². The van der Waals surface area contributed by atoms with Gasteiger partial charge in [-0.1, -0.05) is 70.6 Å². The van der Waals surface area contributed by atoms with E-state index < -0.39 is 21.1 Å². The Hall–Kier alpha value is -0.300. The summed E-state index contributed by atoms with van der Waals surface area (Å²) in [6.45, 7) is 0.780. The third-order valence-electron chi connectivity index (χ3n) is 3.97. The highest BCUT2D eigenvalue weighted by Crippen LogP contribution is 2.24. The monoisotopic (exact) mass is 359 g/mol. The molecule has 3 nitrogen and oxygen atoms in total. The maximum absolute atomic E-state index is 12.1. The van der Waals surface area contributed by atoms with Crippen LogP contribution in [-0.4, -0.2) is 26.2 Å². The fourth-order valence-corrected chi connectivity index (χ4v) is 3.31. The van der Waals surface area contributed by atoms with Crippen LogP contribution >= 0.6 is 0 Å². The van der Waals surface area contributed by atoms with Gasteiger partial charge in [-0.05, 0) is 19.4 Å². The minimum absolute atomic E-state index is 0.102. The first-order valence-electron chi connectivity index (χ1n) is 8.80. The molecule has 0 aliphatic carbocycles. The van der Waals surface area contributed by atoms with Gasteiger partial charge in [0.1, 0.15) is 0 Å². The molecule has 0 amide bonds. The zero-order valence-electron chi connectivity index (χ0n) is 14.0. The van der Waals surface area contributed by atoms with Crippen molar-refractivity contribution in [1.82, 2.24) is 0 Å². The van der Waals surface area contributed by atoms with Gasteiger partial charge in [0.15, 0.2) is 0 Å². The van der Waals surface area contributed by atoms with E-state index in [0.717, 1.165) is 38.6 Å². The first-order valence-corrected chi connectivity index (χ1v) is 10.5. The van der Waals surface area contributed by atoms with Crippen molar-refractivity contribution in [2.45, 2.75) is 89.0 Å². The summed E-state index contributed by atoms with van der Waals surface area (Å²) in [7, 11) is -4.92. The normalized spacial score (nSPS) is 12.7. The zero-order valence-corrected chi connectivity index (χ0v) is 14.9. The number of nitrogens with two attached hydrogens (primary N) is 1. The van der Waals surface area contributed by atoms with E-state index in [9.17, 15) is 21.6 Å².